The van der Waals surface area contributed by atoms with Gasteiger partial charge in [-0.15, -0.1) is 0 Å². The van der Waals surface area contributed by atoms with E-state index in [0.29, 0.717) is 18.8 Å². The molecule has 5 aliphatic rings. The van der Waals surface area contributed by atoms with Crippen LogP contribution in [0.15, 0.2) is 23.1 Å². The highest BCUT2D eigenvalue weighted by atomic mass is 32.2. The number of hydrogen-bond donors (Lipinski definition) is 2. The number of piperidine rings is 1. The Morgan fingerprint density at radius 1 is 1.14 bits per heavy atom. The molecule has 2 amide bonds. The van der Waals surface area contributed by atoms with E-state index in [4.69, 9.17) is 4.74 Å². The monoisotopic (exact) mass is 535 g/mol. The van der Waals surface area contributed by atoms with E-state index in [1.807, 2.05) is 0 Å². The Kier molecular flexibility index (Phi) is 6.58. The summed E-state index contributed by atoms with van der Waals surface area (Å²) in [6.07, 6.45) is 7.48. The van der Waals surface area contributed by atoms with E-state index in [1.165, 1.54) is 35.7 Å². The molecule has 3 unspecified atom stereocenters. The van der Waals surface area contributed by atoms with Crippen molar-refractivity contribution < 1.29 is 27.1 Å². The number of esters is 1. The standard InChI is InChI=1S/C27H38FN3O5S/c1-4-36-23(32)19-6-5-9-31(14-19)37(34,35)20-7-8-22(21(28)10-20)29-24(33)30-27-13-18-11-25(2,16-27)15-26(3,12-18)17-27/h7-8,10,18-19H,4-6,9,11-17H2,1-3H3,(H2,29,30,33). The summed E-state index contributed by atoms with van der Waals surface area (Å²) in [4.78, 5) is 24.9. The van der Waals surface area contributed by atoms with Crippen LogP contribution >= 0.6 is 0 Å². The minimum absolute atomic E-state index is 0.00606. The minimum Gasteiger partial charge on any atom is -0.466 e. The van der Waals surface area contributed by atoms with Gasteiger partial charge in [0, 0.05) is 18.6 Å². The molecule has 204 valence electrons. The molecule has 1 aromatic carbocycles. The topological polar surface area (TPSA) is 105 Å². The summed E-state index contributed by atoms with van der Waals surface area (Å²) in [5, 5.41) is 5.80. The fourth-order valence-electron chi connectivity index (χ4n) is 8.50. The zero-order chi connectivity index (χ0) is 26.6. The Morgan fingerprint density at radius 3 is 2.46 bits per heavy atom. The number of rotatable bonds is 6. The Labute approximate surface area is 218 Å². The Morgan fingerprint density at radius 2 is 1.84 bits per heavy atom. The first kappa shape index (κ1) is 26.4. The van der Waals surface area contributed by atoms with Gasteiger partial charge in [0.15, 0.2) is 0 Å². The van der Waals surface area contributed by atoms with E-state index < -0.39 is 33.8 Å². The summed E-state index contributed by atoms with van der Waals surface area (Å²) in [5.74, 6) is -1.17. The van der Waals surface area contributed by atoms with Crippen LogP contribution in [-0.2, 0) is 19.6 Å². The van der Waals surface area contributed by atoms with Crippen LogP contribution in [-0.4, -0.2) is 50.0 Å². The number of nitrogens with zero attached hydrogens (tertiary/aromatic N) is 1. The summed E-state index contributed by atoms with van der Waals surface area (Å²) in [7, 11) is -4.00. The van der Waals surface area contributed by atoms with Crippen molar-refractivity contribution >= 4 is 27.7 Å². The smallest absolute Gasteiger partial charge is 0.319 e. The highest BCUT2D eigenvalue weighted by molar-refractivity contribution is 7.89. The van der Waals surface area contributed by atoms with Gasteiger partial charge >= 0.3 is 12.0 Å². The lowest BCUT2D eigenvalue weighted by Crippen LogP contribution is -2.65. The second kappa shape index (κ2) is 9.22. The number of sulfonamides is 1. The number of amides is 2. The van der Waals surface area contributed by atoms with Crippen LogP contribution in [0.5, 0.6) is 0 Å². The predicted molar refractivity (Wildman–Crippen MR) is 137 cm³/mol. The van der Waals surface area contributed by atoms with E-state index in [0.717, 1.165) is 25.3 Å². The average molecular weight is 536 g/mol. The number of carbonyl (C=O) groups excluding carboxylic acids is 2. The maximum Gasteiger partial charge on any atom is 0.319 e. The Hall–Kier alpha value is -2.20. The highest BCUT2D eigenvalue weighted by Crippen LogP contribution is 2.66. The molecule has 0 spiro atoms. The van der Waals surface area contributed by atoms with Gasteiger partial charge < -0.3 is 15.4 Å². The molecule has 4 bridgehead atoms. The van der Waals surface area contributed by atoms with Gasteiger partial charge in [0.1, 0.15) is 5.82 Å². The fraction of sp³-hybridized carbons (Fsp3) is 0.704. The van der Waals surface area contributed by atoms with Crippen LogP contribution in [0.1, 0.15) is 72.1 Å². The van der Waals surface area contributed by atoms with Crippen molar-refractivity contribution in [1.29, 1.82) is 0 Å². The molecular formula is C27H38FN3O5S. The number of nitrogens with one attached hydrogen (secondary N) is 2. The minimum atomic E-state index is -4.00. The third-order valence-corrected chi connectivity index (χ3v) is 10.7. The number of hydrogen-bond acceptors (Lipinski definition) is 5. The van der Waals surface area contributed by atoms with Crippen molar-refractivity contribution in [3.05, 3.63) is 24.0 Å². The molecule has 8 nitrogen and oxygen atoms in total. The van der Waals surface area contributed by atoms with Crippen LogP contribution in [0.3, 0.4) is 0 Å². The van der Waals surface area contributed by atoms with E-state index in [9.17, 15) is 18.0 Å². The molecule has 1 saturated heterocycles. The number of ether oxygens (including phenoxy) is 1. The molecule has 0 radical (unpaired) electrons. The molecule has 1 aromatic rings. The Balaban J connectivity index is 1.26. The van der Waals surface area contributed by atoms with Crippen molar-refractivity contribution in [1.82, 2.24) is 9.62 Å². The number of carbonyl (C=O) groups is 2. The molecule has 4 saturated carbocycles. The van der Waals surface area contributed by atoms with Gasteiger partial charge in [0.05, 0.1) is 23.1 Å². The third kappa shape index (κ3) is 5.11. The maximum absolute atomic E-state index is 15.0. The maximum atomic E-state index is 15.0. The first-order valence-corrected chi connectivity index (χ1v) is 14.8. The van der Waals surface area contributed by atoms with Gasteiger partial charge in [0.25, 0.3) is 0 Å². The predicted octanol–water partition coefficient (Wildman–Crippen LogP) is 4.66. The zero-order valence-corrected chi connectivity index (χ0v) is 22.8. The van der Waals surface area contributed by atoms with Crippen molar-refractivity contribution in [2.24, 2.45) is 22.7 Å². The second-order valence-electron chi connectivity index (χ2n) is 12.6. The SMILES string of the molecule is CCOC(=O)C1CCCN(S(=O)(=O)c2ccc(NC(=O)NC34CC5CC(C)(CC(C)(C5)C3)C4)c(F)c2)C1. The summed E-state index contributed by atoms with van der Waals surface area (Å²) >= 11 is 0. The molecule has 4 aliphatic carbocycles. The molecular weight excluding hydrogens is 497 g/mol. The van der Waals surface area contributed by atoms with Gasteiger partial charge in [-0.25, -0.2) is 17.6 Å². The van der Waals surface area contributed by atoms with Crippen LogP contribution in [0.25, 0.3) is 0 Å². The molecule has 6 rings (SSSR count). The van der Waals surface area contributed by atoms with Crippen LogP contribution in [0.2, 0.25) is 0 Å². The molecule has 5 fully saturated rings. The fourth-order valence-corrected chi connectivity index (χ4v) is 10.0. The van der Waals surface area contributed by atoms with E-state index in [1.54, 1.807) is 6.92 Å². The molecule has 1 heterocycles. The summed E-state index contributed by atoms with van der Waals surface area (Å²) in [6.45, 7) is 6.84. The lowest BCUT2D eigenvalue weighted by atomic mass is 9.43. The van der Waals surface area contributed by atoms with Gasteiger partial charge in [-0.05, 0) is 93.2 Å². The van der Waals surface area contributed by atoms with Crippen molar-refractivity contribution in [3.8, 4) is 0 Å². The van der Waals surface area contributed by atoms with Crippen molar-refractivity contribution in [2.75, 3.05) is 25.0 Å². The molecule has 0 aromatic heterocycles. The van der Waals surface area contributed by atoms with Gasteiger partial charge in [0.2, 0.25) is 10.0 Å². The lowest BCUT2D eigenvalue weighted by Gasteiger charge is -2.65. The number of anilines is 1. The van der Waals surface area contributed by atoms with Crippen LogP contribution < -0.4 is 10.6 Å². The molecule has 3 atom stereocenters. The summed E-state index contributed by atoms with van der Waals surface area (Å²) < 4.78 is 47.7. The number of benzene rings is 1. The van der Waals surface area contributed by atoms with Crippen molar-refractivity contribution in [3.63, 3.8) is 0 Å². The van der Waals surface area contributed by atoms with E-state index >= 15 is 4.39 Å². The van der Waals surface area contributed by atoms with E-state index in [-0.39, 0.29) is 46.6 Å². The van der Waals surface area contributed by atoms with Gasteiger partial charge in [-0.1, -0.05) is 13.8 Å². The molecule has 2 N–H and O–H groups in total. The van der Waals surface area contributed by atoms with Gasteiger partial charge in [-0.3, -0.25) is 4.79 Å². The Bertz CT molecular complexity index is 1190. The largest absolute Gasteiger partial charge is 0.466 e. The molecule has 37 heavy (non-hydrogen) atoms. The first-order chi connectivity index (χ1) is 17.3. The van der Waals surface area contributed by atoms with Crippen molar-refractivity contribution in [2.45, 2.75) is 82.6 Å². The van der Waals surface area contributed by atoms with Crippen LogP contribution in [0, 0.1) is 28.5 Å². The quantitative estimate of drug-likeness (QED) is 0.516. The highest BCUT2D eigenvalue weighted by Gasteiger charge is 2.60. The third-order valence-electron chi connectivity index (χ3n) is 8.84. The van der Waals surface area contributed by atoms with E-state index in [2.05, 4.69) is 24.5 Å². The zero-order valence-electron chi connectivity index (χ0n) is 21.9. The summed E-state index contributed by atoms with van der Waals surface area (Å²) in [6, 6.07) is 3.06. The summed E-state index contributed by atoms with van der Waals surface area (Å²) in [5.41, 5.74) is 0.102. The lowest BCUT2D eigenvalue weighted by molar-refractivity contribution is -0.149. The molecule has 1 aliphatic heterocycles. The number of halogens is 1. The first-order valence-electron chi connectivity index (χ1n) is 13.4. The molecule has 10 heteroatoms. The average Bonchev–Trinajstić information content (AvgIpc) is 2.77. The van der Waals surface area contributed by atoms with Gasteiger partial charge in [-0.2, -0.15) is 4.31 Å². The number of urea groups is 1. The normalized spacial score (nSPS) is 35.2. The second-order valence-corrected chi connectivity index (χ2v) is 14.5. The van der Waals surface area contributed by atoms with Crippen LogP contribution in [0.4, 0.5) is 14.9 Å².